The van der Waals surface area contributed by atoms with Gasteiger partial charge in [0, 0.05) is 28.3 Å². The van der Waals surface area contributed by atoms with Gasteiger partial charge in [-0.2, -0.15) is 0 Å². The first-order valence-corrected chi connectivity index (χ1v) is 8.55. The minimum absolute atomic E-state index is 0.0528. The zero-order valence-corrected chi connectivity index (χ0v) is 14.2. The fourth-order valence-electron chi connectivity index (χ4n) is 3.27. The summed E-state index contributed by atoms with van der Waals surface area (Å²) in [7, 11) is 0. The van der Waals surface area contributed by atoms with Gasteiger partial charge in [-0.15, -0.1) is 0 Å². The molecule has 2 N–H and O–H groups in total. The van der Waals surface area contributed by atoms with E-state index in [9.17, 15) is 4.79 Å². The summed E-state index contributed by atoms with van der Waals surface area (Å²) < 4.78 is 1.08. The molecule has 0 bridgehead atoms. The first kappa shape index (κ1) is 14.9. The van der Waals surface area contributed by atoms with Crippen molar-refractivity contribution in [1.29, 1.82) is 0 Å². The lowest BCUT2D eigenvalue weighted by Crippen LogP contribution is -2.28. The van der Waals surface area contributed by atoms with Gasteiger partial charge in [0.1, 0.15) is 6.04 Å². The highest BCUT2D eigenvalue weighted by Crippen LogP contribution is 2.40. The van der Waals surface area contributed by atoms with E-state index in [0.717, 1.165) is 35.2 Å². The third-order valence-corrected chi connectivity index (χ3v) is 5.05. The smallest absolute Gasteiger partial charge is 0.246 e. The maximum Gasteiger partial charge on any atom is 0.246 e. The van der Waals surface area contributed by atoms with E-state index in [1.54, 1.807) is 0 Å². The van der Waals surface area contributed by atoms with Crippen molar-refractivity contribution in [2.75, 3.05) is 23.3 Å². The standard InChI is InChI=1S/C16H22BrN3O/c1-3-6-18-15-11-8-12(17)14(9-13(11)19-16(15)21)20-7-4-5-10(20)2/h8-10,15,18H,3-7H2,1-2H3,(H,19,21). The predicted molar refractivity (Wildman–Crippen MR) is 89.8 cm³/mol. The molecule has 5 heteroatoms. The second-order valence-corrected chi connectivity index (χ2v) is 6.81. The van der Waals surface area contributed by atoms with Crippen LogP contribution in [0, 0.1) is 0 Å². The zero-order valence-electron chi connectivity index (χ0n) is 12.6. The van der Waals surface area contributed by atoms with Crippen LogP contribution in [0.4, 0.5) is 11.4 Å². The molecule has 2 heterocycles. The van der Waals surface area contributed by atoms with Gasteiger partial charge in [-0.25, -0.2) is 0 Å². The third kappa shape index (κ3) is 2.69. The van der Waals surface area contributed by atoms with Crippen LogP contribution in [0.1, 0.15) is 44.7 Å². The number of hydrogen-bond acceptors (Lipinski definition) is 3. The Morgan fingerprint density at radius 3 is 2.95 bits per heavy atom. The van der Waals surface area contributed by atoms with E-state index in [1.165, 1.54) is 18.5 Å². The highest BCUT2D eigenvalue weighted by Gasteiger charge is 2.32. The number of nitrogens with zero attached hydrogens (tertiary/aromatic N) is 1. The normalized spacial score (nSPS) is 24.3. The highest BCUT2D eigenvalue weighted by molar-refractivity contribution is 9.10. The van der Waals surface area contributed by atoms with Crippen molar-refractivity contribution in [3.05, 3.63) is 22.2 Å². The molecular formula is C16H22BrN3O. The largest absolute Gasteiger partial charge is 0.368 e. The Labute approximate surface area is 134 Å². The molecule has 1 aromatic carbocycles. The Morgan fingerprint density at radius 2 is 2.29 bits per heavy atom. The number of anilines is 2. The average Bonchev–Trinajstić information content (AvgIpc) is 2.99. The topological polar surface area (TPSA) is 44.4 Å². The van der Waals surface area contributed by atoms with Crippen molar-refractivity contribution in [1.82, 2.24) is 5.32 Å². The van der Waals surface area contributed by atoms with Crippen LogP contribution in [0.3, 0.4) is 0 Å². The average molecular weight is 352 g/mol. The number of carbonyl (C=O) groups excluding carboxylic acids is 1. The summed E-state index contributed by atoms with van der Waals surface area (Å²) in [5.41, 5.74) is 3.19. The van der Waals surface area contributed by atoms with Crippen LogP contribution < -0.4 is 15.5 Å². The predicted octanol–water partition coefficient (Wildman–Crippen LogP) is 3.43. The number of fused-ring (bicyclic) bond motifs is 1. The summed E-state index contributed by atoms with van der Waals surface area (Å²) >= 11 is 3.69. The molecule has 0 spiro atoms. The second kappa shape index (κ2) is 5.97. The highest BCUT2D eigenvalue weighted by atomic mass is 79.9. The van der Waals surface area contributed by atoms with Crippen LogP contribution in [0.5, 0.6) is 0 Å². The molecule has 2 aliphatic heterocycles. The van der Waals surface area contributed by atoms with Gasteiger partial charge in [-0.05, 0) is 60.8 Å². The molecule has 2 atom stereocenters. The van der Waals surface area contributed by atoms with E-state index in [0.29, 0.717) is 6.04 Å². The molecule has 1 fully saturated rings. The van der Waals surface area contributed by atoms with Crippen LogP contribution in [0.15, 0.2) is 16.6 Å². The quantitative estimate of drug-likeness (QED) is 0.873. The van der Waals surface area contributed by atoms with Gasteiger partial charge in [-0.3, -0.25) is 4.79 Å². The van der Waals surface area contributed by atoms with Crippen molar-refractivity contribution in [2.45, 2.75) is 45.2 Å². The van der Waals surface area contributed by atoms with Crippen LogP contribution in [-0.2, 0) is 4.79 Å². The number of halogens is 1. The number of hydrogen-bond donors (Lipinski definition) is 2. The summed E-state index contributed by atoms with van der Waals surface area (Å²) in [6, 6.07) is 4.56. The second-order valence-electron chi connectivity index (χ2n) is 5.95. The molecule has 1 amide bonds. The summed E-state index contributed by atoms with van der Waals surface area (Å²) in [5.74, 6) is 0.0528. The molecule has 0 saturated carbocycles. The molecule has 2 unspecified atom stereocenters. The van der Waals surface area contributed by atoms with Gasteiger partial charge >= 0.3 is 0 Å². The minimum Gasteiger partial charge on any atom is -0.368 e. The van der Waals surface area contributed by atoms with E-state index in [-0.39, 0.29) is 11.9 Å². The molecule has 21 heavy (non-hydrogen) atoms. The molecule has 0 aromatic heterocycles. The summed E-state index contributed by atoms with van der Waals surface area (Å²) in [6.45, 7) is 6.30. The Hall–Kier alpha value is -1.07. The zero-order chi connectivity index (χ0) is 15.0. The molecule has 1 saturated heterocycles. The number of amides is 1. The van der Waals surface area contributed by atoms with E-state index >= 15 is 0 Å². The van der Waals surface area contributed by atoms with Gasteiger partial charge < -0.3 is 15.5 Å². The van der Waals surface area contributed by atoms with Crippen molar-refractivity contribution >= 4 is 33.2 Å². The van der Waals surface area contributed by atoms with E-state index in [2.05, 4.69) is 57.4 Å². The lowest BCUT2D eigenvalue weighted by molar-refractivity contribution is -0.117. The SMILES string of the molecule is CCCNC1C(=O)Nc2cc(N3CCCC3C)c(Br)cc21. The number of benzene rings is 1. The Kier molecular flexibility index (Phi) is 4.22. The fraction of sp³-hybridized carbons (Fsp3) is 0.562. The molecule has 2 aliphatic rings. The van der Waals surface area contributed by atoms with Crippen LogP contribution >= 0.6 is 15.9 Å². The van der Waals surface area contributed by atoms with E-state index < -0.39 is 0 Å². The summed E-state index contributed by atoms with van der Waals surface area (Å²) in [5, 5.41) is 6.33. The Bertz CT molecular complexity index is 561. The van der Waals surface area contributed by atoms with Crippen LogP contribution in [-0.4, -0.2) is 25.0 Å². The van der Waals surface area contributed by atoms with Crippen molar-refractivity contribution in [3.63, 3.8) is 0 Å². The lowest BCUT2D eigenvalue weighted by Gasteiger charge is -2.26. The lowest BCUT2D eigenvalue weighted by atomic mass is 10.1. The monoisotopic (exact) mass is 351 g/mol. The van der Waals surface area contributed by atoms with Gasteiger partial charge in [0.25, 0.3) is 0 Å². The van der Waals surface area contributed by atoms with E-state index in [4.69, 9.17) is 0 Å². The maximum absolute atomic E-state index is 12.1. The minimum atomic E-state index is -0.221. The molecule has 1 aromatic rings. The molecule has 114 valence electrons. The number of carbonyl (C=O) groups is 1. The molecule has 0 aliphatic carbocycles. The first-order valence-electron chi connectivity index (χ1n) is 7.76. The maximum atomic E-state index is 12.1. The van der Waals surface area contributed by atoms with Gasteiger partial charge in [0.2, 0.25) is 5.91 Å². The van der Waals surface area contributed by atoms with Gasteiger partial charge in [-0.1, -0.05) is 6.92 Å². The number of nitrogens with one attached hydrogen (secondary N) is 2. The van der Waals surface area contributed by atoms with E-state index in [1.807, 2.05) is 0 Å². The Morgan fingerprint density at radius 1 is 1.48 bits per heavy atom. The van der Waals surface area contributed by atoms with Crippen molar-refractivity contribution < 1.29 is 4.79 Å². The Balaban J connectivity index is 1.92. The summed E-state index contributed by atoms with van der Waals surface area (Å²) in [4.78, 5) is 14.6. The molecule has 4 nitrogen and oxygen atoms in total. The fourth-order valence-corrected chi connectivity index (χ4v) is 3.86. The van der Waals surface area contributed by atoms with Crippen molar-refractivity contribution in [2.24, 2.45) is 0 Å². The first-order chi connectivity index (χ1) is 10.1. The van der Waals surface area contributed by atoms with Crippen molar-refractivity contribution in [3.8, 4) is 0 Å². The summed E-state index contributed by atoms with van der Waals surface area (Å²) in [6.07, 6.45) is 3.48. The van der Waals surface area contributed by atoms with Crippen LogP contribution in [0.25, 0.3) is 0 Å². The molecule has 3 rings (SSSR count). The van der Waals surface area contributed by atoms with Gasteiger partial charge in [0.05, 0.1) is 5.69 Å². The molecular weight excluding hydrogens is 330 g/mol. The number of rotatable bonds is 4. The molecule has 0 radical (unpaired) electrons. The van der Waals surface area contributed by atoms with Gasteiger partial charge in [0.15, 0.2) is 0 Å². The third-order valence-electron chi connectivity index (χ3n) is 4.41. The van der Waals surface area contributed by atoms with Crippen LogP contribution in [0.2, 0.25) is 0 Å².